The van der Waals surface area contributed by atoms with Gasteiger partial charge in [0.2, 0.25) is 0 Å². The van der Waals surface area contributed by atoms with Crippen LogP contribution in [0, 0.1) is 17.8 Å². The smallest absolute Gasteiger partial charge is 0.315 e. The van der Waals surface area contributed by atoms with Gasteiger partial charge in [0.05, 0.1) is 0 Å². The second-order valence-corrected chi connectivity index (χ2v) is 7.49. The zero-order valence-corrected chi connectivity index (χ0v) is 11.6. The topological polar surface area (TPSA) is 53.2 Å². The highest BCUT2D eigenvalue weighted by Gasteiger charge is 2.51. The van der Waals surface area contributed by atoms with Gasteiger partial charge in [-0.05, 0) is 69.2 Å². The molecule has 4 nitrogen and oxygen atoms in total. The van der Waals surface area contributed by atoms with Crippen LogP contribution in [0.15, 0.2) is 0 Å². The van der Waals surface area contributed by atoms with Crippen molar-refractivity contribution >= 4 is 6.03 Å². The number of nitrogens with one attached hydrogen (secondary N) is 3. The van der Waals surface area contributed by atoms with Crippen LogP contribution in [-0.4, -0.2) is 30.7 Å². The zero-order chi connectivity index (χ0) is 12.9. The van der Waals surface area contributed by atoms with Crippen molar-refractivity contribution in [1.29, 1.82) is 0 Å². The fourth-order valence-electron chi connectivity index (χ4n) is 5.50. The third-order valence-electron chi connectivity index (χ3n) is 5.81. The van der Waals surface area contributed by atoms with E-state index < -0.39 is 0 Å². The minimum Gasteiger partial charge on any atom is -0.334 e. The number of amides is 2. The first-order chi connectivity index (χ1) is 9.21. The monoisotopic (exact) mass is 263 g/mol. The Morgan fingerprint density at radius 1 is 1.05 bits per heavy atom. The molecule has 4 bridgehead atoms. The molecule has 2 amide bonds. The maximum absolute atomic E-state index is 12.2. The fourth-order valence-corrected chi connectivity index (χ4v) is 5.50. The molecular formula is C15H25N3O. The van der Waals surface area contributed by atoms with Crippen LogP contribution < -0.4 is 16.0 Å². The Balaban J connectivity index is 1.40. The summed E-state index contributed by atoms with van der Waals surface area (Å²) in [6.07, 6.45) is 9.04. The highest BCUT2D eigenvalue weighted by molar-refractivity contribution is 5.75. The van der Waals surface area contributed by atoms with Crippen molar-refractivity contribution in [2.45, 2.75) is 56.5 Å². The van der Waals surface area contributed by atoms with Crippen LogP contribution >= 0.6 is 0 Å². The van der Waals surface area contributed by atoms with Crippen LogP contribution in [0.25, 0.3) is 0 Å². The molecule has 1 saturated heterocycles. The summed E-state index contributed by atoms with van der Waals surface area (Å²) in [4.78, 5) is 12.2. The Morgan fingerprint density at radius 2 is 1.68 bits per heavy atom. The molecule has 5 fully saturated rings. The van der Waals surface area contributed by atoms with E-state index >= 15 is 0 Å². The second-order valence-electron chi connectivity index (χ2n) is 7.49. The highest BCUT2D eigenvalue weighted by atomic mass is 16.2. The SMILES string of the molecule is O=C(N[C@H]1CCNC1)NC12CC3CC(CC(C3)C1)C2. The number of rotatable bonds is 2. The second kappa shape index (κ2) is 4.37. The predicted octanol–water partition coefficient (Wildman–Crippen LogP) is 1.62. The van der Waals surface area contributed by atoms with Gasteiger partial charge < -0.3 is 16.0 Å². The lowest BCUT2D eigenvalue weighted by molar-refractivity contribution is -0.0136. The van der Waals surface area contributed by atoms with Gasteiger partial charge in [0.25, 0.3) is 0 Å². The lowest BCUT2D eigenvalue weighted by Gasteiger charge is -2.56. The molecule has 4 aliphatic carbocycles. The molecule has 4 saturated carbocycles. The molecule has 1 heterocycles. The molecule has 1 atom stereocenters. The first-order valence-corrected chi connectivity index (χ1v) is 8.00. The fraction of sp³-hybridized carbons (Fsp3) is 0.933. The van der Waals surface area contributed by atoms with Crippen LogP contribution in [0.2, 0.25) is 0 Å². The molecule has 4 heteroatoms. The van der Waals surface area contributed by atoms with Crippen molar-refractivity contribution in [2.75, 3.05) is 13.1 Å². The number of carbonyl (C=O) groups excluding carboxylic acids is 1. The molecule has 0 aromatic rings. The van der Waals surface area contributed by atoms with Gasteiger partial charge in [-0.25, -0.2) is 4.79 Å². The Bertz CT molecular complexity index is 340. The van der Waals surface area contributed by atoms with E-state index in [0.717, 1.165) is 37.3 Å². The summed E-state index contributed by atoms with van der Waals surface area (Å²) in [6.45, 7) is 1.95. The molecule has 0 aromatic heterocycles. The largest absolute Gasteiger partial charge is 0.334 e. The number of carbonyl (C=O) groups is 1. The Labute approximate surface area is 115 Å². The van der Waals surface area contributed by atoms with Crippen LogP contribution in [0.1, 0.15) is 44.9 Å². The van der Waals surface area contributed by atoms with Gasteiger partial charge >= 0.3 is 6.03 Å². The van der Waals surface area contributed by atoms with Gasteiger partial charge in [0.1, 0.15) is 0 Å². The van der Waals surface area contributed by atoms with Crippen molar-refractivity contribution in [3.63, 3.8) is 0 Å². The molecule has 0 radical (unpaired) electrons. The summed E-state index contributed by atoms with van der Waals surface area (Å²) in [5.41, 5.74) is 0.144. The van der Waals surface area contributed by atoms with E-state index in [2.05, 4.69) is 16.0 Å². The van der Waals surface area contributed by atoms with Crippen molar-refractivity contribution in [1.82, 2.24) is 16.0 Å². The molecule has 106 valence electrons. The highest BCUT2D eigenvalue weighted by Crippen LogP contribution is 2.55. The predicted molar refractivity (Wildman–Crippen MR) is 73.8 cm³/mol. The minimum absolute atomic E-state index is 0.0793. The van der Waals surface area contributed by atoms with Crippen LogP contribution in [-0.2, 0) is 0 Å². The standard InChI is InChI=1S/C15H25N3O/c19-14(17-13-1-2-16-9-13)18-15-6-10-3-11(7-15)5-12(4-10)8-15/h10-13,16H,1-9H2,(H2,17,18,19)/t10?,11?,12?,13-,15?/m0/s1. The van der Waals surface area contributed by atoms with Crippen LogP contribution in [0.5, 0.6) is 0 Å². The quantitative estimate of drug-likeness (QED) is 0.709. The molecule has 0 unspecified atom stereocenters. The van der Waals surface area contributed by atoms with Crippen molar-refractivity contribution in [3.05, 3.63) is 0 Å². The van der Waals surface area contributed by atoms with E-state index in [1.807, 2.05) is 0 Å². The van der Waals surface area contributed by atoms with Gasteiger partial charge in [-0.15, -0.1) is 0 Å². The summed E-state index contributed by atoms with van der Waals surface area (Å²) in [6, 6.07) is 0.407. The molecule has 0 aromatic carbocycles. The average Bonchev–Trinajstić information content (AvgIpc) is 2.78. The molecule has 3 N–H and O–H groups in total. The van der Waals surface area contributed by atoms with Crippen molar-refractivity contribution < 1.29 is 4.79 Å². The Kier molecular flexibility index (Phi) is 2.76. The number of hydrogen-bond donors (Lipinski definition) is 3. The molecule has 5 aliphatic rings. The molecule has 5 rings (SSSR count). The van der Waals surface area contributed by atoms with E-state index in [1.165, 1.54) is 38.5 Å². The minimum atomic E-state index is 0.0793. The summed E-state index contributed by atoms with van der Waals surface area (Å²) < 4.78 is 0. The summed E-state index contributed by atoms with van der Waals surface area (Å²) >= 11 is 0. The normalized spacial score (nSPS) is 47.4. The summed E-state index contributed by atoms with van der Waals surface area (Å²) in [7, 11) is 0. The Hall–Kier alpha value is -0.770. The number of urea groups is 1. The first-order valence-electron chi connectivity index (χ1n) is 8.00. The average molecular weight is 263 g/mol. The lowest BCUT2D eigenvalue weighted by Crippen LogP contribution is -2.62. The summed E-state index contributed by atoms with van der Waals surface area (Å²) in [5.74, 6) is 2.67. The lowest BCUT2D eigenvalue weighted by atomic mass is 9.53. The number of hydrogen-bond acceptors (Lipinski definition) is 2. The van der Waals surface area contributed by atoms with E-state index in [4.69, 9.17) is 0 Å². The van der Waals surface area contributed by atoms with E-state index in [9.17, 15) is 4.79 Å². The van der Waals surface area contributed by atoms with Crippen LogP contribution in [0.4, 0.5) is 4.79 Å². The van der Waals surface area contributed by atoms with Gasteiger partial charge in [0, 0.05) is 18.1 Å². The third kappa shape index (κ3) is 2.24. The van der Waals surface area contributed by atoms with Gasteiger partial charge in [-0.2, -0.15) is 0 Å². The van der Waals surface area contributed by atoms with Gasteiger partial charge in [-0.3, -0.25) is 0 Å². The Morgan fingerprint density at radius 3 is 2.21 bits per heavy atom. The van der Waals surface area contributed by atoms with Crippen molar-refractivity contribution in [2.24, 2.45) is 17.8 Å². The third-order valence-corrected chi connectivity index (χ3v) is 5.81. The van der Waals surface area contributed by atoms with E-state index in [-0.39, 0.29) is 11.6 Å². The maximum Gasteiger partial charge on any atom is 0.315 e. The zero-order valence-electron chi connectivity index (χ0n) is 11.6. The van der Waals surface area contributed by atoms with Crippen molar-refractivity contribution in [3.8, 4) is 0 Å². The van der Waals surface area contributed by atoms with Crippen LogP contribution in [0.3, 0.4) is 0 Å². The maximum atomic E-state index is 12.2. The molecule has 1 aliphatic heterocycles. The molecule has 19 heavy (non-hydrogen) atoms. The van der Waals surface area contributed by atoms with Gasteiger partial charge in [-0.1, -0.05) is 0 Å². The summed E-state index contributed by atoms with van der Waals surface area (Å²) in [5, 5.41) is 9.81. The van der Waals surface area contributed by atoms with E-state index in [0.29, 0.717) is 6.04 Å². The molecular weight excluding hydrogens is 238 g/mol. The van der Waals surface area contributed by atoms with Gasteiger partial charge in [0.15, 0.2) is 0 Å². The first kappa shape index (κ1) is 12.0. The van der Waals surface area contributed by atoms with E-state index in [1.54, 1.807) is 0 Å². The molecule has 0 spiro atoms.